The minimum absolute atomic E-state index is 0.540. The van der Waals surface area contributed by atoms with Crippen molar-refractivity contribution < 1.29 is 0 Å². The molecule has 0 bridgehead atoms. The van der Waals surface area contributed by atoms with Crippen LogP contribution in [0, 0.1) is 0 Å². The van der Waals surface area contributed by atoms with E-state index in [1.54, 1.807) is 0 Å². The first-order chi connectivity index (χ1) is 26.5. The van der Waals surface area contributed by atoms with Gasteiger partial charge in [-0.15, -0.1) is 0 Å². The number of rotatable bonds is 11. The van der Waals surface area contributed by atoms with Gasteiger partial charge in [0.1, 0.15) is 0 Å². The Balaban J connectivity index is 1.17. The number of aliphatic imine (C=N–C) groups is 1. The molecule has 2 nitrogen and oxygen atoms in total. The molecule has 7 aromatic rings. The lowest BCUT2D eigenvalue weighted by molar-refractivity contribution is 1.36. The summed E-state index contributed by atoms with van der Waals surface area (Å²) in [5.74, 6) is 0. The van der Waals surface area contributed by atoms with Crippen LogP contribution >= 0.6 is 0 Å². The van der Waals surface area contributed by atoms with E-state index in [1.807, 2.05) is 73.7 Å². The Kier molecular flexibility index (Phi) is 10.8. The van der Waals surface area contributed by atoms with Crippen molar-refractivity contribution in [1.29, 1.82) is 0 Å². The van der Waals surface area contributed by atoms with Crippen LogP contribution in [0.1, 0.15) is 18.1 Å². The second-order valence-corrected chi connectivity index (χ2v) is 13.2. The van der Waals surface area contributed by atoms with Crippen molar-refractivity contribution in [3.8, 4) is 44.5 Å². The Morgan fingerprint density at radius 3 is 1.67 bits per heavy atom. The minimum Gasteiger partial charge on any atom is -0.398 e. The molecule has 7 rings (SSSR count). The first-order valence-corrected chi connectivity index (χ1v) is 18.2. The van der Waals surface area contributed by atoms with E-state index >= 15 is 0 Å². The Morgan fingerprint density at radius 2 is 1.02 bits per heavy atom. The smallest absolute Gasteiger partial charge is 0.0729 e. The quantitative estimate of drug-likeness (QED) is 0.106. The summed E-state index contributed by atoms with van der Waals surface area (Å²) in [5, 5.41) is 2.51. The molecule has 0 radical (unpaired) electrons. The monoisotopic (exact) mass is 694 g/mol. The summed E-state index contributed by atoms with van der Waals surface area (Å²) in [6, 6.07) is 59.8. The third-order valence-corrected chi connectivity index (χ3v) is 9.47. The van der Waals surface area contributed by atoms with Crippen LogP contribution in [0.4, 0.5) is 0 Å². The third-order valence-electron chi connectivity index (χ3n) is 9.47. The van der Waals surface area contributed by atoms with E-state index in [9.17, 15) is 0 Å². The van der Waals surface area contributed by atoms with Crippen LogP contribution in [0.25, 0.3) is 61.0 Å². The van der Waals surface area contributed by atoms with Crippen LogP contribution in [0.15, 0.2) is 230 Å². The van der Waals surface area contributed by atoms with Crippen molar-refractivity contribution in [2.45, 2.75) is 6.92 Å². The topological polar surface area (TPSA) is 38.4 Å². The molecule has 7 aromatic carbocycles. The zero-order valence-electron chi connectivity index (χ0n) is 30.5. The van der Waals surface area contributed by atoms with Crippen molar-refractivity contribution in [3.05, 3.63) is 236 Å². The van der Waals surface area contributed by atoms with Crippen molar-refractivity contribution in [1.82, 2.24) is 0 Å². The number of hydrogen-bond donors (Lipinski definition) is 1. The fourth-order valence-corrected chi connectivity index (χ4v) is 6.60. The van der Waals surface area contributed by atoms with E-state index in [-0.39, 0.29) is 0 Å². The van der Waals surface area contributed by atoms with E-state index in [1.165, 1.54) is 33.0 Å². The van der Waals surface area contributed by atoms with Crippen LogP contribution in [-0.4, -0.2) is 5.71 Å². The largest absolute Gasteiger partial charge is 0.398 e. The molecule has 0 saturated carbocycles. The molecule has 2 N–H and O–H groups in total. The fourth-order valence-electron chi connectivity index (χ4n) is 6.60. The number of nitrogens with two attached hydrogens (primary N) is 1. The van der Waals surface area contributed by atoms with Gasteiger partial charge < -0.3 is 5.73 Å². The summed E-state index contributed by atoms with van der Waals surface area (Å²) in [6.45, 7) is 10.5. The molecule has 0 atom stereocenters. The second-order valence-electron chi connectivity index (χ2n) is 13.2. The van der Waals surface area contributed by atoms with E-state index in [0.717, 1.165) is 33.4 Å². The highest BCUT2D eigenvalue weighted by Crippen LogP contribution is 2.34. The third kappa shape index (κ3) is 8.20. The van der Waals surface area contributed by atoms with Crippen LogP contribution < -0.4 is 5.73 Å². The number of hydrogen-bond acceptors (Lipinski definition) is 2. The van der Waals surface area contributed by atoms with Gasteiger partial charge in [-0.25, -0.2) is 4.99 Å². The predicted molar refractivity (Wildman–Crippen MR) is 233 cm³/mol. The molecule has 0 amide bonds. The van der Waals surface area contributed by atoms with Gasteiger partial charge in [0.15, 0.2) is 0 Å². The number of nitrogens with zero attached hydrogens (tertiary/aromatic N) is 1. The van der Waals surface area contributed by atoms with Crippen molar-refractivity contribution in [2.75, 3.05) is 0 Å². The number of allylic oxidation sites excluding steroid dienone is 5. The number of benzene rings is 7. The van der Waals surface area contributed by atoms with Gasteiger partial charge >= 0.3 is 0 Å². The summed E-state index contributed by atoms with van der Waals surface area (Å²) < 4.78 is 0. The zero-order chi connectivity index (χ0) is 37.3. The minimum atomic E-state index is 0.540. The second kappa shape index (κ2) is 16.5. The van der Waals surface area contributed by atoms with E-state index in [4.69, 9.17) is 10.7 Å². The molecule has 0 aromatic heterocycles. The van der Waals surface area contributed by atoms with Crippen LogP contribution in [-0.2, 0) is 0 Å². The molecule has 0 aliphatic carbocycles. The molecule has 0 aliphatic heterocycles. The first kappa shape index (κ1) is 35.4. The maximum absolute atomic E-state index is 6.48. The van der Waals surface area contributed by atoms with Crippen LogP contribution in [0.2, 0.25) is 0 Å². The van der Waals surface area contributed by atoms with Gasteiger partial charge in [-0.3, -0.25) is 0 Å². The molecule has 260 valence electrons. The molecular formula is C52H42N2. The van der Waals surface area contributed by atoms with Crippen LogP contribution in [0.3, 0.4) is 0 Å². The summed E-state index contributed by atoms with van der Waals surface area (Å²) in [5.41, 5.74) is 20.3. The lowest BCUT2D eigenvalue weighted by Gasteiger charge is -2.12. The van der Waals surface area contributed by atoms with E-state index in [2.05, 4.69) is 147 Å². The SMILES string of the molecule is C=C(/C=C\C=C/C)/C(N)=C/C(=NC(=C)c1cccc(-c2cccc(-c3cccc(-c4cccc(-c5cccc6ccccc56)c4)c3)c2)c1)c1ccccc1. The molecule has 0 fully saturated rings. The molecule has 0 spiro atoms. The maximum Gasteiger partial charge on any atom is 0.0729 e. The number of fused-ring (bicyclic) bond motifs is 1. The van der Waals surface area contributed by atoms with Crippen LogP contribution in [0.5, 0.6) is 0 Å². The summed E-state index contributed by atoms with van der Waals surface area (Å²) in [6.07, 6.45) is 9.58. The lowest BCUT2D eigenvalue weighted by atomic mass is 9.93. The normalized spacial score (nSPS) is 12.1. The standard InChI is InChI=1S/C52H42N2/c1-4-5-7-17-37(2)51(53)36-52(40-19-8-6-9-20-40)54-38(3)41-22-12-23-42(32-41)43-24-13-25-44(33-43)45-26-14-27-46(34-45)47-28-15-29-48(35-47)50-31-16-21-39-18-10-11-30-49(39)50/h4-36H,2-3,53H2,1H3/b5-4-,17-7-,51-36-,54-52?. The summed E-state index contributed by atoms with van der Waals surface area (Å²) in [7, 11) is 0. The van der Waals surface area contributed by atoms with Gasteiger partial charge in [0.25, 0.3) is 0 Å². The van der Waals surface area contributed by atoms with E-state index < -0.39 is 0 Å². The fraction of sp³-hybridized carbons (Fsp3) is 0.0192. The average Bonchev–Trinajstić information content (AvgIpc) is 3.23. The maximum atomic E-state index is 6.48. The molecule has 54 heavy (non-hydrogen) atoms. The predicted octanol–water partition coefficient (Wildman–Crippen LogP) is 13.5. The highest BCUT2D eigenvalue weighted by molar-refractivity contribution is 6.11. The molecule has 2 heteroatoms. The lowest BCUT2D eigenvalue weighted by Crippen LogP contribution is -2.05. The Morgan fingerprint density at radius 1 is 0.519 bits per heavy atom. The summed E-state index contributed by atoms with van der Waals surface area (Å²) in [4.78, 5) is 5.00. The molecule has 0 heterocycles. The Bertz CT molecular complexity index is 2590. The average molecular weight is 695 g/mol. The molecule has 0 unspecified atom stereocenters. The highest BCUT2D eigenvalue weighted by atomic mass is 14.8. The highest BCUT2D eigenvalue weighted by Gasteiger charge is 2.10. The summed E-state index contributed by atoms with van der Waals surface area (Å²) >= 11 is 0. The van der Waals surface area contributed by atoms with Gasteiger partial charge in [-0.05, 0) is 98.1 Å². The van der Waals surface area contributed by atoms with Crippen molar-refractivity contribution in [3.63, 3.8) is 0 Å². The Hall–Kier alpha value is -7.03. The van der Waals surface area contributed by atoms with Crippen molar-refractivity contribution >= 4 is 22.2 Å². The molecular weight excluding hydrogens is 653 g/mol. The van der Waals surface area contributed by atoms with Gasteiger partial charge in [0, 0.05) is 16.8 Å². The first-order valence-electron chi connectivity index (χ1n) is 18.2. The van der Waals surface area contributed by atoms with Gasteiger partial charge in [-0.2, -0.15) is 0 Å². The van der Waals surface area contributed by atoms with E-state index in [0.29, 0.717) is 22.7 Å². The molecule has 0 aliphatic rings. The van der Waals surface area contributed by atoms with Gasteiger partial charge in [0.2, 0.25) is 0 Å². The molecule has 0 saturated heterocycles. The van der Waals surface area contributed by atoms with Gasteiger partial charge in [-0.1, -0.05) is 183 Å². The van der Waals surface area contributed by atoms with Gasteiger partial charge in [0.05, 0.1) is 11.4 Å². The Labute approximate surface area is 319 Å². The van der Waals surface area contributed by atoms with Crippen molar-refractivity contribution in [2.24, 2.45) is 10.7 Å². The zero-order valence-corrected chi connectivity index (χ0v) is 30.5.